The monoisotopic (exact) mass is 396 g/mol. The van der Waals surface area contributed by atoms with Gasteiger partial charge >= 0.3 is 0 Å². The van der Waals surface area contributed by atoms with Gasteiger partial charge in [0, 0.05) is 6.42 Å². The SMILES string of the molecule is CC(C)C(C)C=CC(C)C1CCC2C3CCC4=CC(=O)CCC4(C)C3CCC12C. The van der Waals surface area contributed by atoms with Crippen LogP contribution >= 0.6 is 0 Å². The van der Waals surface area contributed by atoms with Crippen molar-refractivity contribution in [2.45, 2.75) is 92.9 Å². The summed E-state index contributed by atoms with van der Waals surface area (Å²) in [5.74, 6) is 5.95. The van der Waals surface area contributed by atoms with E-state index in [0.29, 0.717) is 28.4 Å². The first kappa shape index (κ1) is 21.4. The maximum Gasteiger partial charge on any atom is 0.155 e. The van der Waals surface area contributed by atoms with Crippen LogP contribution in [0.1, 0.15) is 92.9 Å². The standard InChI is InChI=1S/C28H44O/c1-18(2)19(3)7-8-20(4)24-11-12-25-23-10-9-21-17-22(29)13-15-27(21,5)26(23)14-16-28(24,25)6/h7-8,17-20,23-26H,9-16H2,1-6H3. The van der Waals surface area contributed by atoms with E-state index in [2.05, 4.69) is 53.7 Å². The minimum atomic E-state index is 0.314. The number of hydrogen-bond acceptors (Lipinski definition) is 1. The maximum atomic E-state index is 12.0. The summed E-state index contributed by atoms with van der Waals surface area (Å²) in [5, 5.41) is 0. The summed E-state index contributed by atoms with van der Waals surface area (Å²) < 4.78 is 0. The number of rotatable bonds is 4. The van der Waals surface area contributed by atoms with Gasteiger partial charge in [-0.2, -0.15) is 0 Å². The lowest BCUT2D eigenvalue weighted by Crippen LogP contribution is -2.50. The molecule has 0 radical (unpaired) electrons. The van der Waals surface area contributed by atoms with Gasteiger partial charge in [-0.3, -0.25) is 4.79 Å². The largest absolute Gasteiger partial charge is 0.295 e. The minimum Gasteiger partial charge on any atom is -0.295 e. The molecule has 1 heteroatoms. The lowest BCUT2D eigenvalue weighted by molar-refractivity contribution is -0.117. The Balaban J connectivity index is 1.53. The van der Waals surface area contributed by atoms with Crippen LogP contribution in [-0.4, -0.2) is 5.78 Å². The molecular formula is C28H44O. The number of ketones is 1. The predicted molar refractivity (Wildman–Crippen MR) is 123 cm³/mol. The summed E-state index contributed by atoms with van der Waals surface area (Å²) >= 11 is 0. The molecule has 3 saturated carbocycles. The highest BCUT2D eigenvalue weighted by Crippen LogP contribution is 2.67. The van der Waals surface area contributed by atoms with E-state index in [4.69, 9.17) is 0 Å². The van der Waals surface area contributed by atoms with Gasteiger partial charge in [0.1, 0.15) is 0 Å². The second-order valence-electron chi connectivity index (χ2n) is 12.0. The summed E-state index contributed by atoms with van der Waals surface area (Å²) in [6, 6.07) is 0. The molecule has 8 unspecified atom stereocenters. The zero-order valence-electron chi connectivity index (χ0n) is 19.8. The van der Waals surface area contributed by atoms with Crippen molar-refractivity contribution >= 4 is 5.78 Å². The third-order valence-corrected chi connectivity index (χ3v) is 10.4. The summed E-state index contributed by atoms with van der Waals surface area (Å²) in [7, 11) is 0. The van der Waals surface area contributed by atoms with Crippen LogP contribution in [0.2, 0.25) is 0 Å². The van der Waals surface area contributed by atoms with Crippen molar-refractivity contribution in [1.82, 2.24) is 0 Å². The van der Waals surface area contributed by atoms with Gasteiger partial charge in [0.2, 0.25) is 0 Å². The molecule has 0 aromatic rings. The summed E-state index contributed by atoms with van der Waals surface area (Å²) in [6.45, 7) is 14.7. The highest BCUT2D eigenvalue weighted by Gasteiger charge is 2.59. The summed E-state index contributed by atoms with van der Waals surface area (Å²) in [6.07, 6.45) is 17.2. The highest BCUT2D eigenvalue weighted by atomic mass is 16.1. The molecule has 1 nitrogen and oxygen atoms in total. The molecular weight excluding hydrogens is 352 g/mol. The number of carbonyl (C=O) groups is 1. The van der Waals surface area contributed by atoms with Crippen LogP contribution in [0.5, 0.6) is 0 Å². The van der Waals surface area contributed by atoms with E-state index in [0.717, 1.165) is 42.4 Å². The van der Waals surface area contributed by atoms with Crippen LogP contribution in [-0.2, 0) is 4.79 Å². The molecule has 0 amide bonds. The number of allylic oxidation sites excluding steroid dienone is 3. The number of carbonyl (C=O) groups excluding carboxylic acids is 1. The van der Waals surface area contributed by atoms with Crippen molar-refractivity contribution in [3.8, 4) is 0 Å². The molecule has 0 aromatic carbocycles. The van der Waals surface area contributed by atoms with Crippen molar-refractivity contribution in [2.75, 3.05) is 0 Å². The minimum absolute atomic E-state index is 0.314. The van der Waals surface area contributed by atoms with Gasteiger partial charge in [0.05, 0.1) is 0 Å². The molecule has 162 valence electrons. The molecule has 3 fully saturated rings. The molecule has 0 N–H and O–H groups in total. The molecule has 8 atom stereocenters. The van der Waals surface area contributed by atoms with E-state index in [9.17, 15) is 4.79 Å². The van der Waals surface area contributed by atoms with Gasteiger partial charge in [-0.25, -0.2) is 0 Å². The highest BCUT2D eigenvalue weighted by molar-refractivity contribution is 5.91. The molecule has 0 aromatic heterocycles. The van der Waals surface area contributed by atoms with Gasteiger partial charge in [-0.05, 0) is 103 Å². The van der Waals surface area contributed by atoms with Crippen molar-refractivity contribution in [1.29, 1.82) is 0 Å². The molecule has 4 rings (SSSR count). The van der Waals surface area contributed by atoms with Crippen LogP contribution in [0.3, 0.4) is 0 Å². The molecule has 0 heterocycles. The predicted octanol–water partition coefficient (Wildman–Crippen LogP) is 7.62. The molecule has 0 spiro atoms. The fraction of sp³-hybridized carbons (Fsp3) is 0.821. The molecule has 4 aliphatic rings. The van der Waals surface area contributed by atoms with Gasteiger partial charge in [0.25, 0.3) is 0 Å². The van der Waals surface area contributed by atoms with E-state index in [-0.39, 0.29) is 0 Å². The van der Waals surface area contributed by atoms with Gasteiger partial charge in [0.15, 0.2) is 5.78 Å². The Kier molecular flexibility index (Phi) is 5.67. The first-order valence-electron chi connectivity index (χ1n) is 12.6. The lowest BCUT2D eigenvalue weighted by atomic mass is 9.46. The third-order valence-electron chi connectivity index (χ3n) is 10.4. The third kappa shape index (κ3) is 3.49. The lowest BCUT2D eigenvalue weighted by Gasteiger charge is -2.58. The van der Waals surface area contributed by atoms with Crippen LogP contribution in [0.4, 0.5) is 0 Å². The second kappa shape index (κ2) is 7.69. The van der Waals surface area contributed by atoms with Crippen LogP contribution in [0.25, 0.3) is 0 Å². The Morgan fingerprint density at radius 1 is 0.931 bits per heavy atom. The van der Waals surface area contributed by atoms with E-state index < -0.39 is 0 Å². The zero-order valence-corrected chi connectivity index (χ0v) is 19.8. The normalized spacial score (nSPS) is 44.2. The quantitative estimate of drug-likeness (QED) is 0.447. The van der Waals surface area contributed by atoms with Crippen molar-refractivity contribution in [2.24, 2.45) is 52.3 Å². The maximum absolute atomic E-state index is 12.0. The van der Waals surface area contributed by atoms with Crippen LogP contribution < -0.4 is 0 Å². The molecule has 0 bridgehead atoms. The zero-order chi connectivity index (χ0) is 21.0. The fourth-order valence-electron chi connectivity index (χ4n) is 8.17. The second-order valence-corrected chi connectivity index (χ2v) is 12.0. The summed E-state index contributed by atoms with van der Waals surface area (Å²) in [5.41, 5.74) is 2.34. The van der Waals surface area contributed by atoms with E-state index in [1.807, 2.05) is 6.08 Å². The summed E-state index contributed by atoms with van der Waals surface area (Å²) in [4.78, 5) is 12.0. The van der Waals surface area contributed by atoms with Gasteiger partial charge in [-0.15, -0.1) is 0 Å². The number of hydrogen-bond donors (Lipinski definition) is 0. The fourth-order valence-corrected chi connectivity index (χ4v) is 8.17. The smallest absolute Gasteiger partial charge is 0.155 e. The van der Waals surface area contributed by atoms with Crippen molar-refractivity contribution in [3.05, 3.63) is 23.8 Å². The average molecular weight is 397 g/mol. The first-order chi connectivity index (χ1) is 13.7. The Morgan fingerprint density at radius 3 is 2.41 bits per heavy atom. The van der Waals surface area contributed by atoms with E-state index >= 15 is 0 Å². The Labute approximate surface area is 179 Å². The molecule has 29 heavy (non-hydrogen) atoms. The van der Waals surface area contributed by atoms with Crippen molar-refractivity contribution in [3.63, 3.8) is 0 Å². The number of fused-ring (bicyclic) bond motifs is 5. The topological polar surface area (TPSA) is 17.1 Å². The molecule has 4 aliphatic carbocycles. The van der Waals surface area contributed by atoms with Crippen LogP contribution in [0.15, 0.2) is 23.8 Å². The van der Waals surface area contributed by atoms with E-state index in [1.165, 1.54) is 44.1 Å². The van der Waals surface area contributed by atoms with Gasteiger partial charge in [-0.1, -0.05) is 59.3 Å². The van der Waals surface area contributed by atoms with Crippen LogP contribution in [0, 0.1) is 52.3 Å². The first-order valence-corrected chi connectivity index (χ1v) is 12.6. The molecule has 0 aliphatic heterocycles. The molecule has 0 saturated heterocycles. The Bertz CT molecular complexity index is 699. The van der Waals surface area contributed by atoms with E-state index in [1.54, 1.807) is 0 Å². The Morgan fingerprint density at radius 2 is 1.69 bits per heavy atom. The Hall–Kier alpha value is -0.850. The average Bonchev–Trinajstić information content (AvgIpc) is 3.03. The van der Waals surface area contributed by atoms with Crippen molar-refractivity contribution < 1.29 is 4.79 Å². The van der Waals surface area contributed by atoms with Gasteiger partial charge < -0.3 is 0 Å².